The van der Waals surface area contributed by atoms with E-state index in [1.807, 2.05) is 11.5 Å². The lowest BCUT2D eigenvalue weighted by molar-refractivity contribution is 0.0521. The molecule has 5 heteroatoms. The summed E-state index contributed by atoms with van der Waals surface area (Å²) in [5.74, 6) is 2.27. The van der Waals surface area contributed by atoms with E-state index in [0.717, 1.165) is 18.8 Å². The van der Waals surface area contributed by atoms with Gasteiger partial charge >= 0.3 is 5.97 Å². The van der Waals surface area contributed by atoms with Crippen molar-refractivity contribution in [1.82, 2.24) is 9.55 Å². The summed E-state index contributed by atoms with van der Waals surface area (Å²) in [5, 5.41) is 0. The first kappa shape index (κ1) is 14.9. The Balaban J connectivity index is 2.25. The number of aromatic nitrogens is 2. The molecule has 1 aliphatic carbocycles. The van der Waals surface area contributed by atoms with Crippen LogP contribution in [-0.2, 0) is 17.7 Å². The lowest BCUT2D eigenvalue weighted by Gasteiger charge is -2.18. The van der Waals surface area contributed by atoms with Crippen molar-refractivity contribution in [3.8, 4) is 0 Å². The number of hydrogen-bond acceptors (Lipinski definition) is 4. The minimum atomic E-state index is -0.419. The van der Waals surface area contributed by atoms with Crippen molar-refractivity contribution in [2.75, 3.05) is 12.3 Å². The van der Waals surface area contributed by atoms with Crippen LogP contribution in [-0.4, -0.2) is 22.1 Å². The van der Waals surface area contributed by atoms with Gasteiger partial charge in [0, 0.05) is 13.0 Å². The summed E-state index contributed by atoms with van der Waals surface area (Å²) in [7, 11) is 0. The fourth-order valence-electron chi connectivity index (χ4n) is 3.06. The number of nitrogens with two attached hydrogens (primary N) is 1. The van der Waals surface area contributed by atoms with E-state index in [-0.39, 0.29) is 5.69 Å². The largest absolute Gasteiger partial charge is 0.461 e. The van der Waals surface area contributed by atoms with Gasteiger partial charge in [0.05, 0.1) is 6.61 Å². The molecule has 2 rings (SSSR count). The van der Waals surface area contributed by atoms with Gasteiger partial charge in [-0.3, -0.25) is 0 Å². The van der Waals surface area contributed by atoms with Gasteiger partial charge in [-0.15, -0.1) is 0 Å². The van der Waals surface area contributed by atoms with Crippen molar-refractivity contribution in [3.05, 3.63) is 11.5 Å². The standard InChI is InChI=1S/C15H25N3O2/c1-4-12-17-13(15(19)20-5-2)14(16)18(12)9-11-8-6-7-10(11)3/h10-11H,4-9,16H2,1-3H3. The summed E-state index contributed by atoms with van der Waals surface area (Å²) in [4.78, 5) is 16.2. The number of carbonyl (C=O) groups excluding carboxylic acids is 1. The Kier molecular flexibility index (Phi) is 4.68. The predicted octanol–water partition coefficient (Wildman–Crippen LogP) is 2.64. The normalized spacial score (nSPS) is 22.1. The van der Waals surface area contributed by atoms with Crippen molar-refractivity contribution in [3.63, 3.8) is 0 Å². The molecule has 2 N–H and O–H groups in total. The fourth-order valence-corrected chi connectivity index (χ4v) is 3.06. The molecular weight excluding hydrogens is 254 g/mol. The summed E-state index contributed by atoms with van der Waals surface area (Å²) in [6.07, 6.45) is 4.57. The Morgan fingerprint density at radius 1 is 1.45 bits per heavy atom. The Bertz CT molecular complexity index is 482. The summed E-state index contributed by atoms with van der Waals surface area (Å²) in [6.45, 7) is 7.31. The van der Waals surface area contributed by atoms with E-state index in [4.69, 9.17) is 10.5 Å². The van der Waals surface area contributed by atoms with Gasteiger partial charge in [0.25, 0.3) is 0 Å². The number of anilines is 1. The highest BCUT2D eigenvalue weighted by atomic mass is 16.5. The van der Waals surface area contributed by atoms with Gasteiger partial charge in [-0.05, 0) is 25.2 Å². The molecule has 112 valence electrons. The lowest BCUT2D eigenvalue weighted by Crippen LogP contribution is -2.17. The number of imidazole rings is 1. The fraction of sp³-hybridized carbons (Fsp3) is 0.733. The molecule has 1 aromatic heterocycles. The summed E-state index contributed by atoms with van der Waals surface area (Å²) >= 11 is 0. The Hall–Kier alpha value is -1.52. The van der Waals surface area contributed by atoms with Crippen molar-refractivity contribution in [2.45, 2.75) is 53.0 Å². The summed E-state index contributed by atoms with van der Waals surface area (Å²) < 4.78 is 7.03. The first-order valence-corrected chi connectivity index (χ1v) is 7.60. The zero-order chi connectivity index (χ0) is 14.7. The molecule has 0 aliphatic heterocycles. The SMILES string of the molecule is CCOC(=O)c1nc(CC)n(CC2CCCC2C)c1N. The number of hydrogen-bond donors (Lipinski definition) is 1. The number of aryl methyl sites for hydroxylation is 1. The molecule has 0 spiro atoms. The van der Waals surface area contributed by atoms with Crippen molar-refractivity contribution in [1.29, 1.82) is 0 Å². The van der Waals surface area contributed by atoms with E-state index in [1.54, 1.807) is 6.92 Å². The molecule has 20 heavy (non-hydrogen) atoms. The van der Waals surface area contributed by atoms with Gasteiger partial charge in [0.1, 0.15) is 11.6 Å². The van der Waals surface area contributed by atoms with E-state index in [1.165, 1.54) is 19.3 Å². The number of esters is 1. The van der Waals surface area contributed by atoms with Gasteiger partial charge in [0.2, 0.25) is 0 Å². The van der Waals surface area contributed by atoms with Gasteiger partial charge in [0.15, 0.2) is 5.69 Å². The highest BCUT2D eigenvalue weighted by Gasteiger charge is 2.27. The van der Waals surface area contributed by atoms with Crippen LogP contribution in [0.3, 0.4) is 0 Å². The zero-order valence-corrected chi connectivity index (χ0v) is 12.7. The molecule has 5 nitrogen and oxygen atoms in total. The first-order valence-electron chi connectivity index (χ1n) is 7.60. The van der Waals surface area contributed by atoms with E-state index in [9.17, 15) is 4.79 Å². The van der Waals surface area contributed by atoms with Crippen LogP contribution < -0.4 is 5.73 Å². The number of nitrogen functional groups attached to an aromatic ring is 1. The third-order valence-electron chi connectivity index (χ3n) is 4.33. The van der Waals surface area contributed by atoms with Crippen LogP contribution in [0.1, 0.15) is 56.3 Å². The first-order chi connectivity index (χ1) is 9.58. The maximum Gasteiger partial charge on any atom is 0.360 e. The molecule has 1 aromatic rings. The molecule has 2 unspecified atom stereocenters. The highest BCUT2D eigenvalue weighted by Crippen LogP contribution is 2.33. The van der Waals surface area contributed by atoms with Gasteiger partial charge < -0.3 is 15.0 Å². The number of carbonyl (C=O) groups is 1. The Morgan fingerprint density at radius 3 is 2.75 bits per heavy atom. The Morgan fingerprint density at radius 2 is 2.20 bits per heavy atom. The number of rotatable bonds is 5. The van der Waals surface area contributed by atoms with Crippen LogP contribution in [0, 0.1) is 11.8 Å². The molecule has 0 bridgehead atoms. The van der Waals surface area contributed by atoms with Gasteiger partial charge in [-0.1, -0.05) is 26.7 Å². The number of nitrogens with zero attached hydrogens (tertiary/aromatic N) is 2. The van der Waals surface area contributed by atoms with Crippen LogP contribution in [0.2, 0.25) is 0 Å². The average molecular weight is 279 g/mol. The maximum atomic E-state index is 11.9. The van der Waals surface area contributed by atoms with E-state index in [0.29, 0.717) is 24.3 Å². The van der Waals surface area contributed by atoms with E-state index < -0.39 is 5.97 Å². The minimum Gasteiger partial charge on any atom is -0.461 e. The monoisotopic (exact) mass is 279 g/mol. The second kappa shape index (κ2) is 6.29. The van der Waals surface area contributed by atoms with Crippen LogP contribution in [0.4, 0.5) is 5.82 Å². The summed E-state index contributed by atoms with van der Waals surface area (Å²) in [6, 6.07) is 0. The van der Waals surface area contributed by atoms with E-state index in [2.05, 4.69) is 11.9 Å². The van der Waals surface area contributed by atoms with Gasteiger partial charge in [-0.25, -0.2) is 9.78 Å². The van der Waals surface area contributed by atoms with Crippen molar-refractivity contribution < 1.29 is 9.53 Å². The molecule has 0 aromatic carbocycles. The molecule has 1 aliphatic rings. The average Bonchev–Trinajstić information content (AvgIpc) is 2.96. The quantitative estimate of drug-likeness (QED) is 0.841. The third-order valence-corrected chi connectivity index (χ3v) is 4.33. The molecule has 1 heterocycles. The smallest absolute Gasteiger partial charge is 0.360 e. The molecule has 2 atom stereocenters. The minimum absolute atomic E-state index is 0.273. The van der Waals surface area contributed by atoms with E-state index >= 15 is 0 Å². The third kappa shape index (κ3) is 2.81. The summed E-state index contributed by atoms with van der Waals surface area (Å²) in [5.41, 5.74) is 6.41. The number of ether oxygens (including phenoxy) is 1. The van der Waals surface area contributed by atoms with Crippen molar-refractivity contribution >= 4 is 11.8 Å². The molecule has 0 saturated heterocycles. The molecule has 0 radical (unpaired) electrons. The van der Waals surface area contributed by atoms with Crippen LogP contribution >= 0.6 is 0 Å². The second-order valence-corrected chi connectivity index (χ2v) is 5.61. The predicted molar refractivity (Wildman–Crippen MR) is 78.5 cm³/mol. The topological polar surface area (TPSA) is 70.1 Å². The lowest BCUT2D eigenvalue weighted by atomic mass is 9.98. The van der Waals surface area contributed by atoms with Crippen LogP contribution in [0.5, 0.6) is 0 Å². The molecule has 1 saturated carbocycles. The zero-order valence-electron chi connectivity index (χ0n) is 12.7. The molecule has 0 amide bonds. The van der Waals surface area contributed by atoms with Crippen LogP contribution in [0.25, 0.3) is 0 Å². The Labute approximate surface area is 120 Å². The van der Waals surface area contributed by atoms with Crippen molar-refractivity contribution in [2.24, 2.45) is 11.8 Å². The maximum absolute atomic E-state index is 11.9. The van der Waals surface area contributed by atoms with Gasteiger partial charge in [-0.2, -0.15) is 0 Å². The molecular formula is C15H25N3O2. The highest BCUT2D eigenvalue weighted by molar-refractivity contribution is 5.92. The second-order valence-electron chi connectivity index (χ2n) is 5.61. The molecule has 1 fully saturated rings. The van der Waals surface area contributed by atoms with Crippen LogP contribution in [0.15, 0.2) is 0 Å².